The number of aryl methyl sites for hydroxylation is 1. The molecule has 5 heterocycles. The molecule has 46 heavy (non-hydrogen) atoms. The number of phenols is 1. The van der Waals surface area contributed by atoms with E-state index in [-0.39, 0.29) is 53.7 Å². The average molecular weight is 618 g/mol. The summed E-state index contributed by atoms with van der Waals surface area (Å²) in [5, 5.41) is 20.0. The Hall–Kier alpha value is -5.58. The highest BCUT2D eigenvalue weighted by Crippen LogP contribution is 2.58. The summed E-state index contributed by atoms with van der Waals surface area (Å²) in [6, 6.07) is 18.0. The van der Waals surface area contributed by atoms with Crippen molar-refractivity contribution in [3.63, 3.8) is 0 Å². The minimum atomic E-state index is -1.08. The van der Waals surface area contributed by atoms with Crippen molar-refractivity contribution in [1.29, 1.82) is 0 Å². The fourth-order valence-corrected chi connectivity index (χ4v) is 7.00. The van der Waals surface area contributed by atoms with Gasteiger partial charge in [-0.1, -0.05) is 56.3 Å². The molecule has 2 amide bonds. The number of hydrogen-bond donors (Lipinski definition) is 5. The maximum Gasteiger partial charge on any atom is 0.273 e. The van der Waals surface area contributed by atoms with E-state index in [0.29, 0.717) is 28.6 Å². The van der Waals surface area contributed by atoms with Gasteiger partial charge in [0.1, 0.15) is 23.0 Å². The topological polar surface area (TPSA) is 159 Å². The number of rotatable bonds is 5. The Morgan fingerprint density at radius 3 is 2.76 bits per heavy atom. The summed E-state index contributed by atoms with van der Waals surface area (Å²) < 4.78 is 13.2. The molecule has 0 fully saturated rings. The number of para-hydroxylation sites is 2. The average Bonchev–Trinajstić information content (AvgIpc) is 3.81. The number of nitrogens with zero attached hydrogens (tertiary/aromatic N) is 1. The van der Waals surface area contributed by atoms with Crippen molar-refractivity contribution < 1.29 is 28.6 Å². The summed E-state index contributed by atoms with van der Waals surface area (Å²) >= 11 is 0. The summed E-state index contributed by atoms with van der Waals surface area (Å²) in [5.74, 6) is -0.0869. The number of phenolic OH excluding ortho intramolecular Hbond substituents is 1. The number of aromatic hydroxyl groups is 1. The molecule has 2 aromatic heterocycles. The van der Waals surface area contributed by atoms with E-state index >= 15 is 0 Å². The van der Waals surface area contributed by atoms with Crippen LogP contribution in [-0.4, -0.2) is 45.4 Å². The molecular weight excluding hydrogens is 586 g/mol. The summed E-state index contributed by atoms with van der Waals surface area (Å²) in [7, 11) is 0. The first-order valence-electron chi connectivity index (χ1n) is 15.3. The van der Waals surface area contributed by atoms with Gasteiger partial charge in [0.25, 0.3) is 5.91 Å². The molecule has 5 N–H and O–H groups in total. The third kappa shape index (κ3) is 4.04. The van der Waals surface area contributed by atoms with Gasteiger partial charge in [0, 0.05) is 34.8 Å². The molecule has 5 aromatic rings. The summed E-state index contributed by atoms with van der Waals surface area (Å²) in [6.07, 6.45) is 1.67. The predicted octanol–water partition coefficient (Wildman–Crippen LogP) is 4.71. The summed E-state index contributed by atoms with van der Waals surface area (Å²) in [5.41, 5.74) is 3.16. The monoisotopic (exact) mass is 617 g/mol. The molecular formula is C35H31N5O6. The molecule has 3 atom stereocenters. The van der Waals surface area contributed by atoms with Crippen molar-refractivity contribution in [2.45, 2.75) is 44.4 Å². The molecule has 232 valence electrons. The maximum absolute atomic E-state index is 14.1. The number of amides is 2. The van der Waals surface area contributed by atoms with Crippen LogP contribution in [0.5, 0.6) is 11.5 Å². The van der Waals surface area contributed by atoms with Gasteiger partial charge in [-0.15, -0.1) is 0 Å². The van der Waals surface area contributed by atoms with Crippen LogP contribution in [0.4, 0.5) is 5.69 Å². The number of Topliss-reactive ketones (excluding diaryl/α,β-unsaturated/α-hetero) is 1. The van der Waals surface area contributed by atoms with E-state index in [2.05, 4.69) is 20.9 Å². The number of anilines is 1. The molecule has 1 spiro atoms. The number of ketones is 1. The van der Waals surface area contributed by atoms with Gasteiger partial charge < -0.3 is 35.2 Å². The normalized spacial score (nSPS) is 21.0. The van der Waals surface area contributed by atoms with Gasteiger partial charge in [-0.3, -0.25) is 14.4 Å². The highest BCUT2D eigenvalue weighted by Gasteiger charge is 2.61. The Bertz CT molecular complexity index is 2080. The fourth-order valence-electron chi connectivity index (χ4n) is 7.00. The SMILES string of the molecule is CC(C)C1NC(=O)CCc2ccc3c(c2)C2(c4ccccc4NC2O3)c2oc1nc2C(=O)NCC(=O)c1c[nH]c2c(O)cccc12. The molecule has 8 rings (SSSR count). The number of fused-ring (bicyclic) bond motifs is 5. The number of benzene rings is 3. The maximum atomic E-state index is 14.1. The van der Waals surface area contributed by atoms with Gasteiger partial charge in [0.05, 0.1) is 12.1 Å². The smallest absolute Gasteiger partial charge is 0.273 e. The molecule has 3 aliphatic heterocycles. The second kappa shape index (κ2) is 10.2. The second-order valence-electron chi connectivity index (χ2n) is 12.4. The summed E-state index contributed by atoms with van der Waals surface area (Å²) in [4.78, 5) is 48.3. The third-order valence-electron chi connectivity index (χ3n) is 9.26. The van der Waals surface area contributed by atoms with Gasteiger partial charge in [0.2, 0.25) is 11.8 Å². The largest absolute Gasteiger partial charge is 0.506 e. The lowest BCUT2D eigenvalue weighted by Gasteiger charge is -2.28. The van der Waals surface area contributed by atoms with E-state index < -0.39 is 23.6 Å². The van der Waals surface area contributed by atoms with Crippen LogP contribution in [0.15, 0.2) is 71.3 Å². The van der Waals surface area contributed by atoms with Crippen LogP contribution < -0.4 is 20.7 Å². The molecule has 3 aliphatic rings. The second-order valence-corrected chi connectivity index (χ2v) is 12.4. The van der Waals surface area contributed by atoms with Gasteiger partial charge >= 0.3 is 0 Å². The standard InChI is InChI=1S/C35H31N5O6/c1-17(2)28-33-40-30(32(44)37-16-25(42)20-15-36-29-19(20)6-5-9-24(29)41)31(46-33)35-21-7-3-4-8-23(21)38-34(35)45-26-12-10-18(14-22(26)35)11-13-27(43)39-28/h3-10,12,14-15,17,28,34,36,38,41H,11,13,16H2,1-2H3,(H,37,44)(H,39,43). The minimum absolute atomic E-state index is 0.00359. The van der Waals surface area contributed by atoms with E-state index in [1.807, 2.05) is 56.3 Å². The van der Waals surface area contributed by atoms with E-state index in [1.54, 1.807) is 12.1 Å². The highest BCUT2D eigenvalue weighted by molar-refractivity contribution is 6.11. The van der Waals surface area contributed by atoms with Crippen LogP contribution in [0.1, 0.15) is 75.5 Å². The zero-order valence-corrected chi connectivity index (χ0v) is 25.1. The van der Waals surface area contributed by atoms with Crippen molar-refractivity contribution in [3.8, 4) is 11.5 Å². The number of oxazole rings is 1. The lowest BCUT2D eigenvalue weighted by atomic mass is 9.72. The molecule has 0 saturated carbocycles. The number of hydrogen-bond acceptors (Lipinski definition) is 8. The zero-order chi connectivity index (χ0) is 31.7. The lowest BCUT2D eigenvalue weighted by molar-refractivity contribution is -0.122. The van der Waals surface area contributed by atoms with E-state index in [1.165, 1.54) is 12.3 Å². The predicted molar refractivity (Wildman–Crippen MR) is 168 cm³/mol. The van der Waals surface area contributed by atoms with Gasteiger partial charge in [0.15, 0.2) is 23.5 Å². The number of aromatic amines is 1. The Labute approximate surface area is 263 Å². The molecule has 3 aromatic carbocycles. The highest BCUT2D eigenvalue weighted by atomic mass is 16.5. The van der Waals surface area contributed by atoms with Crippen molar-refractivity contribution in [2.24, 2.45) is 5.92 Å². The first-order chi connectivity index (χ1) is 22.3. The van der Waals surface area contributed by atoms with E-state index in [4.69, 9.17) is 14.1 Å². The number of nitrogens with one attached hydrogen (secondary N) is 4. The van der Waals surface area contributed by atoms with Crippen molar-refractivity contribution in [3.05, 3.63) is 106 Å². The molecule has 3 unspecified atom stereocenters. The van der Waals surface area contributed by atoms with Crippen LogP contribution in [0.3, 0.4) is 0 Å². The van der Waals surface area contributed by atoms with E-state index in [9.17, 15) is 19.5 Å². The van der Waals surface area contributed by atoms with Crippen LogP contribution in [0.2, 0.25) is 0 Å². The van der Waals surface area contributed by atoms with E-state index in [0.717, 1.165) is 22.4 Å². The van der Waals surface area contributed by atoms with Crippen LogP contribution >= 0.6 is 0 Å². The minimum Gasteiger partial charge on any atom is -0.506 e. The Kier molecular flexibility index (Phi) is 6.21. The number of carbonyl (C=O) groups excluding carboxylic acids is 3. The number of aromatic nitrogens is 2. The van der Waals surface area contributed by atoms with Crippen molar-refractivity contribution in [1.82, 2.24) is 20.6 Å². The van der Waals surface area contributed by atoms with Crippen molar-refractivity contribution in [2.75, 3.05) is 11.9 Å². The van der Waals surface area contributed by atoms with Gasteiger partial charge in [-0.2, -0.15) is 0 Å². The van der Waals surface area contributed by atoms with Gasteiger partial charge in [-0.25, -0.2) is 4.98 Å². The Morgan fingerprint density at radius 1 is 1.07 bits per heavy atom. The number of ether oxygens (including phenoxy) is 1. The molecule has 4 bridgehead atoms. The Morgan fingerprint density at radius 2 is 1.91 bits per heavy atom. The Balaban J connectivity index is 1.27. The fraction of sp³-hybridized carbons (Fsp3) is 0.257. The molecule has 11 heteroatoms. The van der Waals surface area contributed by atoms with Gasteiger partial charge in [-0.05, 0) is 41.7 Å². The third-order valence-corrected chi connectivity index (χ3v) is 9.26. The van der Waals surface area contributed by atoms with Crippen LogP contribution in [-0.2, 0) is 16.6 Å². The lowest BCUT2D eigenvalue weighted by Crippen LogP contribution is -2.41. The number of H-pyrrole nitrogens is 1. The zero-order valence-electron chi connectivity index (χ0n) is 25.1. The number of carbonyl (C=O) groups is 3. The molecule has 11 nitrogen and oxygen atoms in total. The molecule has 0 aliphatic carbocycles. The first-order valence-corrected chi connectivity index (χ1v) is 15.3. The summed E-state index contributed by atoms with van der Waals surface area (Å²) in [6.45, 7) is 3.58. The van der Waals surface area contributed by atoms with Crippen LogP contribution in [0.25, 0.3) is 10.9 Å². The molecule has 0 radical (unpaired) electrons. The first kappa shape index (κ1) is 27.9. The quantitative estimate of drug-likeness (QED) is 0.177. The van der Waals surface area contributed by atoms with Crippen LogP contribution in [0, 0.1) is 5.92 Å². The van der Waals surface area contributed by atoms with Crippen molar-refractivity contribution >= 4 is 34.2 Å². The molecule has 0 saturated heterocycles.